The summed E-state index contributed by atoms with van der Waals surface area (Å²) in [6.45, 7) is 0.794. The molecule has 10 heteroatoms. The molecule has 0 spiro atoms. The van der Waals surface area contributed by atoms with E-state index < -0.39 is 30.7 Å². The summed E-state index contributed by atoms with van der Waals surface area (Å²) in [5.41, 5.74) is 0.505. The van der Waals surface area contributed by atoms with Gasteiger partial charge >= 0.3 is 6.61 Å². The standard InChI is InChI=1S/C21H23F5N2O3/c22-16-11-18(24)17(23)10-15(16)13-30-20-9-14(1-2-19(20)31-21(25)26)12-28-5-3-27(4-6-28)7-8-29/h1-2,9-11,21,29H,3-8,12-13H2. The van der Waals surface area contributed by atoms with Gasteiger partial charge in [0.25, 0.3) is 0 Å². The molecule has 2 aromatic rings. The SMILES string of the molecule is OCCN1CCN(Cc2ccc(OC(F)F)c(OCc3cc(F)c(F)cc3F)c2)CC1. The molecule has 0 amide bonds. The van der Waals surface area contributed by atoms with Gasteiger partial charge in [-0.3, -0.25) is 9.80 Å². The van der Waals surface area contributed by atoms with Crippen molar-refractivity contribution >= 4 is 0 Å². The minimum atomic E-state index is -3.09. The van der Waals surface area contributed by atoms with Crippen molar-refractivity contribution in [3.63, 3.8) is 0 Å². The van der Waals surface area contributed by atoms with Crippen LogP contribution in [-0.4, -0.2) is 60.8 Å². The molecular weight excluding hydrogens is 423 g/mol. The largest absolute Gasteiger partial charge is 0.485 e. The molecule has 0 radical (unpaired) electrons. The number of hydrogen-bond acceptors (Lipinski definition) is 5. The lowest BCUT2D eigenvalue weighted by atomic mass is 10.1. The van der Waals surface area contributed by atoms with Crippen LogP contribution in [0.4, 0.5) is 22.0 Å². The Morgan fingerprint density at radius 1 is 0.871 bits per heavy atom. The van der Waals surface area contributed by atoms with Crippen LogP contribution in [0.15, 0.2) is 30.3 Å². The third-order valence-corrected chi connectivity index (χ3v) is 4.98. The molecule has 0 unspecified atom stereocenters. The van der Waals surface area contributed by atoms with Crippen LogP contribution in [0, 0.1) is 17.5 Å². The van der Waals surface area contributed by atoms with Crippen LogP contribution >= 0.6 is 0 Å². The van der Waals surface area contributed by atoms with Crippen molar-refractivity contribution in [2.24, 2.45) is 0 Å². The number of hydrogen-bond donors (Lipinski definition) is 1. The van der Waals surface area contributed by atoms with Gasteiger partial charge in [0.2, 0.25) is 0 Å². The van der Waals surface area contributed by atoms with E-state index in [2.05, 4.69) is 14.5 Å². The molecule has 0 atom stereocenters. The van der Waals surface area contributed by atoms with Gasteiger partial charge in [0.15, 0.2) is 23.1 Å². The molecule has 0 saturated carbocycles. The molecule has 0 aromatic heterocycles. The average Bonchev–Trinajstić information content (AvgIpc) is 2.72. The summed E-state index contributed by atoms with van der Waals surface area (Å²) in [5.74, 6) is -3.87. The Hall–Kier alpha value is -2.43. The number of aliphatic hydroxyl groups is 1. The number of rotatable bonds is 9. The molecule has 1 aliphatic rings. The molecule has 1 saturated heterocycles. The normalized spacial score (nSPS) is 15.5. The first-order valence-corrected chi connectivity index (χ1v) is 9.75. The van der Waals surface area contributed by atoms with E-state index in [4.69, 9.17) is 9.84 Å². The van der Waals surface area contributed by atoms with Crippen molar-refractivity contribution < 1.29 is 36.5 Å². The van der Waals surface area contributed by atoms with Crippen molar-refractivity contribution in [2.45, 2.75) is 19.8 Å². The Labute approximate surface area is 176 Å². The summed E-state index contributed by atoms with van der Waals surface area (Å²) in [5, 5.41) is 9.02. The average molecular weight is 446 g/mol. The number of aliphatic hydroxyl groups excluding tert-OH is 1. The second kappa shape index (κ2) is 10.7. The van der Waals surface area contributed by atoms with E-state index in [1.165, 1.54) is 12.1 Å². The molecule has 0 aliphatic carbocycles. The van der Waals surface area contributed by atoms with Gasteiger partial charge in [-0.15, -0.1) is 0 Å². The van der Waals surface area contributed by atoms with Crippen LogP contribution in [0.5, 0.6) is 11.5 Å². The number of ether oxygens (including phenoxy) is 2. The molecule has 170 valence electrons. The summed E-state index contributed by atoms with van der Waals surface area (Å²) in [6.07, 6.45) is 0. The molecule has 1 fully saturated rings. The van der Waals surface area contributed by atoms with Gasteiger partial charge < -0.3 is 14.6 Å². The van der Waals surface area contributed by atoms with Gasteiger partial charge in [-0.25, -0.2) is 13.2 Å². The summed E-state index contributed by atoms with van der Waals surface area (Å²) >= 11 is 0. The van der Waals surface area contributed by atoms with E-state index in [0.717, 1.165) is 31.7 Å². The number of benzene rings is 2. The Balaban J connectivity index is 1.71. The van der Waals surface area contributed by atoms with Crippen LogP contribution in [0.1, 0.15) is 11.1 Å². The molecule has 1 aliphatic heterocycles. The highest BCUT2D eigenvalue weighted by Crippen LogP contribution is 2.31. The van der Waals surface area contributed by atoms with Crippen LogP contribution < -0.4 is 9.47 Å². The third-order valence-electron chi connectivity index (χ3n) is 4.98. The third kappa shape index (κ3) is 6.52. The topological polar surface area (TPSA) is 45.2 Å². The van der Waals surface area contributed by atoms with E-state index >= 15 is 0 Å². The van der Waals surface area contributed by atoms with Crippen molar-refractivity contribution in [3.05, 3.63) is 58.9 Å². The lowest BCUT2D eigenvalue weighted by molar-refractivity contribution is -0.0516. The maximum atomic E-state index is 13.9. The van der Waals surface area contributed by atoms with Gasteiger partial charge in [0, 0.05) is 50.9 Å². The second-order valence-electron chi connectivity index (χ2n) is 7.15. The van der Waals surface area contributed by atoms with Crippen LogP contribution in [0.3, 0.4) is 0 Å². The summed E-state index contributed by atoms with van der Waals surface area (Å²) in [4.78, 5) is 4.30. The number of alkyl halides is 2. The van der Waals surface area contributed by atoms with E-state index in [1.54, 1.807) is 6.07 Å². The first-order chi connectivity index (χ1) is 14.9. The quantitative estimate of drug-likeness (QED) is 0.473. The zero-order valence-corrected chi connectivity index (χ0v) is 16.7. The summed E-state index contributed by atoms with van der Waals surface area (Å²) < 4.78 is 75.7. The molecule has 0 bridgehead atoms. The predicted octanol–water partition coefficient (Wildman–Crippen LogP) is 3.39. The number of nitrogens with zero attached hydrogens (tertiary/aromatic N) is 2. The highest BCUT2D eigenvalue weighted by Gasteiger charge is 2.19. The van der Waals surface area contributed by atoms with Crippen molar-refractivity contribution in [1.82, 2.24) is 9.80 Å². The Morgan fingerprint density at radius 3 is 2.23 bits per heavy atom. The highest BCUT2D eigenvalue weighted by atomic mass is 19.3. The molecule has 1 heterocycles. The van der Waals surface area contributed by atoms with E-state index in [-0.39, 0.29) is 23.7 Å². The maximum absolute atomic E-state index is 13.9. The Bertz CT molecular complexity index is 876. The van der Waals surface area contributed by atoms with Crippen molar-refractivity contribution in [2.75, 3.05) is 39.3 Å². The monoisotopic (exact) mass is 446 g/mol. The number of piperazine rings is 1. The number of halogens is 5. The fourth-order valence-electron chi connectivity index (χ4n) is 3.36. The van der Waals surface area contributed by atoms with Crippen LogP contribution in [0.25, 0.3) is 0 Å². The molecule has 1 N–H and O–H groups in total. The Kier molecular flexibility index (Phi) is 8.05. The second-order valence-corrected chi connectivity index (χ2v) is 7.15. The Morgan fingerprint density at radius 2 is 1.55 bits per heavy atom. The van der Waals surface area contributed by atoms with Crippen LogP contribution in [0.2, 0.25) is 0 Å². The molecule has 31 heavy (non-hydrogen) atoms. The minimum absolute atomic E-state index is 0.0548. The zero-order valence-electron chi connectivity index (χ0n) is 16.7. The lowest BCUT2D eigenvalue weighted by Gasteiger charge is -2.34. The highest BCUT2D eigenvalue weighted by molar-refractivity contribution is 5.43. The molecule has 3 rings (SSSR count). The lowest BCUT2D eigenvalue weighted by Crippen LogP contribution is -2.46. The van der Waals surface area contributed by atoms with Gasteiger partial charge in [0.05, 0.1) is 6.61 Å². The number of β-amino-alcohol motifs (C(OH)–C–C–N with tert-alkyl or cyclic N) is 1. The molecule has 5 nitrogen and oxygen atoms in total. The van der Waals surface area contributed by atoms with Gasteiger partial charge in [-0.2, -0.15) is 8.78 Å². The molecular formula is C21H23F5N2O3. The fraction of sp³-hybridized carbons (Fsp3) is 0.429. The van der Waals surface area contributed by atoms with E-state index in [0.29, 0.717) is 25.2 Å². The van der Waals surface area contributed by atoms with Gasteiger partial charge in [-0.1, -0.05) is 6.07 Å². The summed E-state index contributed by atoms with van der Waals surface area (Å²) in [7, 11) is 0. The summed E-state index contributed by atoms with van der Waals surface area (Å²) in [6, 6.07) is 5.53. The van der Waals surface area contributed by atoms with Crippen molar-refractivity contribution in [1.29, 1.82) is 0 Å². The van der Waals surface area contributed by atoms with E-state index in [1.807, 2.05) is 0 Å². The maximum Gasteiger partial charge on any atom is 0.387 e. The minimum Gasteiger partial charge on any atom is -0.485 e. The van der Waals surface area contributed by atoms with Gasteiger partial charge in [0.1, 0.15) is 12.4 Å². The molecule has 2 aromatic carbocycles. The zero-order chi connectivity index (χ0) is 22.4. The smallest absolute Gasteiger partial charge is 0.387 e. The first kappa shape index (κ1) is 23.2. The van der Waals surface area contributed by atoms with E-state index in [9.17, 15) is 22.0 Å². The first-order valence-electron chi connectivity index (χ1n) is 9.75. The van der Waals surface area contributed by atoms with Crippen LogP contribution in [-0.2, 0) is 13.2 Å². The predicted molar refractivity (Wildman–Crippen MR) is 103 cm³/mol. The van der Waals surface area contributed by atoms with Gasteiger partial charge in [-0.05, 0) is 23.8 Å². The fourth-order valence-corrected chi connectivity index (χ4v) is 3.36. The van der Waals surface area contributed by atoms with Crippen molar-refractivity contribution in [3.8, 4) is 11.5 Å².